The molecule has 24 heavy (non-hydrogen) atoms. The highest BCUT2D eigenvalue weighted by molar-refractivity contribution is 6.07. The van der Waals surface area contributed by atoms with Crippen molar-refractivity contribution in [3.63, 3.8) is 0 Å². The van der Waals surface area contributed by atoms with Crippen LogP contribution in [0.4, 0.5) is 0 Å². The SMILES string of the molecule is O=C1NCCN(C(=O)c2cccc3cc[nH]c23)C1c1ccccc1. The Bertz CT molecular complexity index is 901. The number of hydrogen-bond donors (Lipinski definition) is 2. The molecule has 4 rings (SSSR count). The van der Waals surface area contributed by atoms with E-state index in [-0.39, 0.29) is 11.8 Å². The molecule has 0 aliphatic carbocycles. The molecule has 3 aromatic rings. The van der Waals surface area contributed by atoms with E-state index in [4.69, 9.17) is 0 Å². The first-order valence-electron chi connectivity index (χ1n) is 7.95. The van der Waals surface area contributed by atoms with Gasteiger partial charge in [-0.1, -0.05) is 42.5 Å². The van der Waals surface area contributed by atoms with Gasteiger partial charge in [0.1, 0.15) is 6.04 Å². The molecule has 0 bridgehead atoms. The van der Waals surface area contributed by atoms with Crippen molar-refractivity contribution >= 4 is 22.7 Å². The summed E-state index contributed by atoms with van der Waals surface area (Å²) in [6.07, 6.45) is 1.82. The molecule has 0 spiro atoms. The van der Waals surface area contributed by atoms with E-state index in [0.717, 1.165) is 16.5 Å². The summed E-state index contributed by atoms with van der Waals surface area (Å²) in [5, 5.41) is 3.84. The summed E-state index contributed by atoms with van der Waals surface area (Å²) >= 11 is 0. The number of fused-ring (bicyclic) bond motifs is 1. The summed E-state index contributed by atoms with van der Waals surface area (Å²) < 4.78 is 0. The highest BCUT2D eigenvalue weighted by Gasteiger charge is 2.35. The average Bonchev–Trinajstić information content (AvgIpc) is 3.10. The summed E-state index contributed by atoms with van der Waals surface area (Å²) in [5.74, 6) is -0.272. The number of para-hydroxylation sites is 1. The van der Waals surface area contributed by atoms with Crippen molar-refractivity contribution in [2.75, 3.05) is 13.1 Å². The summed E-state index contributed by atoms with van der Waals surface area (Å²) in [6, 6.07) is 16.4. The molecule has 1 aliphatic heterocycles. The topological polar surface area (TPSA) is 65.2 Å². The summed E-state index contributed by atoms with van der Waals surface area (Å²) in [5.41, 5.74) is 2.22. The van der Waals surface area contributed by atoms with Gasteiger partial charge in [-0.2, -0.15) is 0 Å². The summed E-state index contributed by atoms with van der Waals surface area (Å²) in [7, 11) is 0. The van der Waals surface area contributed by atoms with E-state index in [1.807, 2.05) is 54.7 Å². The fourth-order valence-electron chi connectivity index (χ4n) is 3.27. The van der Waals surface area contributed by atoms with Crippen LogP contribution in [0, 0.1) is 0 Å². The number of nitrogens with one attached hydrogen (secondary N) is 2. The van der Waals surface area contributed by atoms with Gasteiger partial charge in [0.25, 0.3) is 5.91 Å². The Morgan fingerprint density at radius 3 is 2.71 bits per heavy atom. The maximum absolute atomic E-state index is 13.2. The van der Waals surface area contributed by atoms with E-state index in [0.29, 0.717) is 18.7 Å². The molecule has 0 radical (unpaired) electrons. The van der Waals surface area contributed by atoms with Crippen LogP contribution in [0.3, 0.4) is 0 Å². The van der Waals surface area contributed by atoms with Crippen LogP contribution in [-0.2, 0) is 4.79 Å². The van der Waals surface area contributed by atoms with Crippen LogP contribution in [0.1, 0.15) is 22.0 Å². The Labute approximate surface area is 139 Å². The Kier molecular flexibility index (Phi) is 3.54. The second-order valence-corrected chi connectivity index (χ2v) is 5.85. The zero-order valence-corrected chi connectivity index (χ0v) is 13.0. The predicted octanol–water partition coefficient (Wildman–Crippen LogP) is 2.48. The predicted molar refractivity (Wildman–Crippen MR) is 91.5 cm³/mol. The number of amides is 2. The van der Waals surface area contributed by atoms with Gasteiger partial charge in [0, 0.05) is 24.7 Å². The number of H-pyrrole nitrogens is 1. The maximum atomic E-state index is 13.2. The van der Waals surface area contributed by atoms with Gasteiger partial charge in [-0.05, 0) is 17.7 Å². The van der Waals surface area contributed by atoms with Crippen LogP contribution in [0.25, 0.3) is 10.9 Å². The van der Waals surface area contributed by atoms with Crippen molar-refractivity contribution < 1.29 is 9.59 Å². The van der Waals surface area contributed by atoms with E-state index in [1.165, 1.54) is 0 Å². The minimum atomic E-state index is -0.599. The zero-order valence-electron chi connectivity index (χ0n) is 13.0. The Morgan fingerprint density at radius 1 is 1.04 bits per heavy atom. The first-order chi connectivity index (χ1) is 11.8. The third-order valence-corrected chi connectivity index (χ3v) is 4.41. The second-order valence-electron chi connectivity index (χ2n) is 5.85. The van der Waals surface area contributed by atoms with Crippen LogP contribution in [0.15, 0.2) is 60.8 Å². The van der Waals surface area contributed by atoms with Gasteiger partial charge in [-0.3, -0.25) is 9.59 Å². The Morgan fingerprint density at radius 2 is 1.88 bits per heavy atom. The van der Waals surface area contributed by atoms with Gasteiger partial charge in [0.15, 0.2) is 0 Å². The Hall–Kier alpha value is -3.08. The number of benzene rings is 2. The standard InChI is InChI=1S/C19H17N3O2/c23-18-17(14-5-2-1-3-6-14)22(12-11-21-18)19(24)15-8-4-7-13-9-10-20-16(13)15/h1-10,17,20H,11-12H2,(H,21,23). The molecule has 1 aromatic heterocycles. The van der Waals surface area contributed by atoms with E-state index >= 15 is 0 Å². The summed E-state index contributed by atoms with van der Waals surface area (Å²) in [6.45, 7) is 0.954. The number of hydrogen-bond acceptors (Lipinski definition) is 2. The number of aromatic nitrogens is 1. The quantitative estimate of drug-likeness (QED) is 0.762. The smallest absolute Gasteiger partial charge is 0.257 e. The number of nitrogens with zero attached hydrogens (tertiary/aromatic N) is 1. The number of carbonyl (C=O) groups excluding carboxylic acids is 2. The lowest BCUT2D eigenvalue weighted by Gasteiger charge is -2.35. The van der Waals surface area contributed by atoms with Crippen molar-refractivity contribution in [1.82, 2.24) is 15.2 Å². The molecule has 2 amide bonds. The van der Waals surface area contributed by atoms with Crippen molar-refractivity contribution in [2.45, 2.75) is 6.04 Å². The number of aromatic amines is 1. The van der Waals surface area contributed by atoms with Gasteiger partial charge in [-0.25, -0.2) is 0 Å². The van der Waals surface area contributed by atoms with Crippen LogP contribution in [0.2, 0.25) is 0 Å². The number of carbonyl (C=O) groups is 2. The maximum Gasteiger partial charge on any atom is 0.257 e. The second kappa shape index (κ2) is 5.85. The van der Waals surface area contributed by atoms with Crippen molar-refractivity contribution in [2.24, 2.45) is 0 Å². The van der Waals surface area contributed by atoms with Crippen LogP contribution < -0.4 is 5.32 Å². The molecular formula is C19H17N3O2. The molecule has 1 unspecified atom stereocenters. The van der Waals surface area contributed by atoms with E-state index in [1.54, 1.807) is 11.0 Å². The third-order valence-electron chi connectivity index (χ3n) is 4.41. The molecule has 2 aromatic carbocycles. The molecule has 1 aliphatic rings. The molecule has 1 fully saturated rings. The minimum absolute atomic E-state index is 0.133. The first-order valence-corrected chi connectivity index (χ1v) is 7.95. The lowest BCUT2D eigenvalue weighted by molar-refractivity contribution is -0.128. The molecule has 1 atom stereocenters. The number of rotatable bonds is 2. The highest BCUT2D eigenvalue weighted by atomic mass is 16.2. The molecule has 2 N–H and O–H groups in total. The average molecular weight is 319 g/mol. The lowest BCUT2D eigenvalue weighted by atomic mass is 10.0. The molecule has 1 saturated heterocycles. The normalized spacial score (nSPS) is 17.8. The van der Waals surface area contributed by atoms with E-state index < -0.39 is 6.04 Å². The van der Waals surface area contributed by atoms with Crippen molar-refractivity contribution in [1.29, 1.82) is 0 Å². The van der Waals surface area contributed by atoms with E-state index in [9.17, 15) is 9.59 Å². The monoisotopic (exact) mass is 319 g/mol. The Balaban J connectivity index is 1.77. The van der Waals surface area contributed by atoms with Gasteiger partial charge in [0.05, 0.1) is 11.1 Å². The van der Waals surface area contributed by atoms with Gasteiger partial charge in [0.2, 0.25) is 5.91 Å². The van der Waals surface area contributed by atoms with E-state index in [2.05, 4.69) is 10.3 Å². The van der Waals surface area contributed by atoms with Crippen LogP contribution in [-0.4, -0.2) is 34.8 Å². The van der Waals surface area contributed by atoms with Gasteiger partial charge in [-0.15, -0.1) is 0 Å². The molecule has 0 saturated carbocycles. The number of piperazine rings is 1. The molecule has 5 nitrogen and oxygen atoms in total. The van der Waals surface area contributed by atoms with Crippen LogP contribution >= 0.6 is 0 Å². The lowest BCUT2D eigenvalue weighted by Crippen LogP contribution is -2.52. The van der Waals surface area contributed by atoms with Crippen LogP contribution in [0.5, 0.6) is 0 Å². The molecule has 5 heteroatoms. The van der Waals surface area contributed by atoms with Crippen molar-refractivity contribution in [3.05, 3.63) is 71.9 Å². The van der Waals surface area contributed by atoms with Gasteiger partial charge < -0.3 is 15.2 Å². The molecule has 2 heterocycles. The van der Waals surface area contributed by atoms with Gasteiger partial charge >= 0.3 is 0 Å². The fourth-order valence-corrected chi connectivity index (χ4v) is 3.27. The third kappa shape index (κ3) is 2.34. The zero-order chi connectivity index (χ0) is 16.5. The molecule has 120 valence electrons. The minimum Gasteiger partial charge on any atom is -0.361 e. The molecular weight excluding hydrogens is 302 g/mol. The largest absolute Gasteiger partial charge is 0.361 e. The highest BCUT2D eigenvalue weighted by Crippen LogP contribution is 2.27. The first kappa shape index (κ1) is 14.5. The van der Waals surface area contributed by atoms with Crippen molar-refractivity contribution in [3.8, 4) is 0 Å². The fraction of sp³-hybridized carbons (Fsp3) is 0.158. The summed E-state index contributed by atoms with van der Waals surface area (Å²) in [4.78, 5) is 30.4.